The van der Waals surface area contributed by atoms with Gasteiger partial charge in [-0.1, -0.05) is 24.3 Å². The van der Waals surface area contributed by atoms with Crippen LogP contribution in [0.4, 0.5) is 4.39 Å². The first-order valence-electron chi connectivity index (χ1n) is 8.61. The van der Waals surface area contributed by atoms with E-state index in [0.29, 0.717) is 18.5 Å². The van der Waals surface area contributed by atoms with Gasteiger partial charge in [0.25, 0.3) is 0 Å². The maximum atomic E-state index is 13.1. The van der Waals surface area contributed by atoms with Crippen LogP contribution in [0.1, 0.15) is 29.0 Å². The third-order valence-corrected chi connectivity index (χ3v) is 4.68. The summed E-state index contributed by atoms with van der Waals surface area (Å²) in [7, 11) is 0. The Morgan fingerprint density at radius 3 is 2.58 bits per heavy atom. The molecule has 0 spiro atoms. The maximum absolute atomic E-state index is 13.1. The Hall–Kier alpha value is -2.84. The minimum Gasteiger partial charge on any atom is -0.392 e. The average Bonchev–Trinajstić information content (AvgIpc) is 2.94. The van der Waals surface area contributed by atoms with Gasteiger partial charge in [-0.3, -0.25) is 4.99 Å². The molecule has 26 heavy (non-hydrogen) atoms. The van der Waals surface area contributed by atoms with E-state index in [1.165, 1.54) is 12.1 Å². The minimum atomic E-state index is -0.664. The van der Waals surface area contributed by atoms with Crippen molar-refractivity contribution in [3.63, 3.8) is 0 Å². The largest absolute Gasteiger partial charge is 0.392 e. The Kier molecular flexibility index (Phi) is 5.88. The van der Waals surface area contributed by atoms with E-state index in [9.17, 15) is 9.50 Å². The molecule has 3 atom stereocenters. The van der Waals surface area contributed by atoms with Crippen LogP contribution >= 0.6 is 0 Å². The molecule has 0 saturated heterocycles. The Morgan fingerprint density at radius 2 is 1.88 bits per heavy atom. The molecule has 1 aliphatic rings. The van der Waals surface area contributed by atoms with Gasteiger partial charge < -0.3 is 5.11 Å². The van der Waals surface area contributed by atoms with Gasteiger partial charge in [-0.25, -0.2) is 9.38 Å². The highest BCUT2D eigenvalue weighted by molar-refractivity contribution is 5.75. The van der Waals surface area contributed by atoms with Gasteiger partial charge in [0, 0.05) is 24.6 Å². The molecule has 0 radical (unpaired) electrons. The first kappa shape index (κ1) is 18.0. The zero-order valence-electron chi connectivity index (χ0n) is 14.3. The highest BCUT2D eigenvalue weighted by Gasteiger charge is 2.29. The van der Waals surface area contributed by atoms with E-state index in [1.807, 2.05) is 18.3 Å². The molecule has 1 N–H and O–H groups in total. The lowest BCUT2D eigenvalue weighted by molar-refractivity contribution is 0.127. The summed E-state index contributed by atoms with van der Waals surface area (Å²) in [5.74, 6) is -0.445. The first-order chi connectivity index (χ1) is 12.7. The number of aliphatic imine (C=N–C) groups is 2. The average molecular weight is 349 g/mol. The number of rotatable bonds is 5. The predicted molar refractivity (Wildman–Crippen MR) is 100.0 cm³/mol. The van der Waals surface area contributed by atoms with Crippen LogP contribution in [0.25, 0.3) is 0 Å². The van der Waals surface area contributed by atoms with Gasteiger partial charge in [0.2, 0.25) is 0 Å². The Morgan fingerprint density at radius 1 is 1.15 bits per heavy atom. The van der Waals surface area contributed by atoms with Crippen molar-refractivity contribution in [2.75, 3.05) is 6.54 Å². The fourth-order valence-electron chi connectivity index (χ4n) is 3.35. The Labute approximate surface area is 152 Å². The summed E-state index contributed by atoms with van der Waals surface area (Å²) in [5, 5.41) is 20.0. The van der Waals surface area contributed by atoms with Crippen LogP contribution in [0.3, 0.4) is 0 Å². The maximum Gasteiger partial charge on any atom is 0.123 e. The molecule has 0 amide bonds. The number of aliphatic hydroxyl groups excluding tert-OH is 1. The summed E-state index contributed by atoms with van der Waals surface area (Å²) in [6, 6.07) is 15.6. The van der Waals surface area contributed by atoms with Crippen molar-refractivity contribution >= 4 is 12.6 Å². The van der Waals surface area contributed by atoms with Crippen molar-refractivity contribution in [3.05, 3.63) is 71.0 Å². The molecule has 0 bridgehead atoms. The number of benzene rings is 2. The highest BCUT2D eigenvalue weighted by Crippen LogP contribution is 2.32. The number of nitriles is 1. The summed E-state index contributed by atoms with van der Waals surface area (Å²) in [4.78, 5) is 8.39. The standard InChI is InChI=1S/C21H20FN3O/c22-19-7-3-15(4-8-19)11-20(26)21(18-9-10-24-14-25-13-18)17-5-1-16(12-23)2-6-17/h1-8,13-14,18,20-21,26H,9-11H2/t18-,20-,21?/m0/s1. The summed E-state index contributed by atoms with van der Waals surface area (Å²) in [6.45, 7) is 0.653. The molecule has 4 nitrogen and oxygen atoms in total. The second-order valence-electron chi connectivity index (χ2n) is 6.43. The molecule has 3 rings (SSSR count). The zero-order chi connectivity index (χ0) is 18.4. The van der Waals surface area contributed by atoms with Gasteiger partial charge in [-0.2, -0.15) is 5.26 Å². The summed E-state index contributed by atoms with van der Waals surface area (Å²) >= 11 is 0. The van der Waals surface area contributed by atoms with E-state index in [-0.39, 0.29) is 17.7 Å². The van der Waals surface area contributed by atoms with Gasteiger partial charge in [0.15, 0.2) is 0 Å². The lowest BCUT2D eigenvalue weighted by Crippen LogP contribution is -2.29. The van der Waals surface area contributed by atoms with Crippen molar-refractivity contribution in [2.24, 2.45) is 15.9 Å². The van der Waals surface area contributed by atoms with Gasteiger partial charge in [0.1, 0.15) is 12.2 Å². The molecular formula is C21H20FN3O. The van der Waals surface area contributed by atoms with Crippen LogP contribution in [-0.2, 0) is 6.42 Å². The third-order valence-electron chi connectivity index (χ3n) is 4.68. The van der Waals surface area contributed by atoms with Gasteiger partial charge >= 0.3 is 0 Å². The molecule has 0 fully saturated rings. The van der Waals surface area contributed by atoms with Gasteiger partial charge in [0.05, 0.1) is 17.7 Å². The van der Waals surface area contributed by atoms with Gasteiger partial charge in [-0.05, 0) is 48.2 Å². The predicted octanol–water partition coefficient (Wildman–Crippen LogP) is 3.50. The molecule has 132 valence electrons. The fourth-order valence-corrected chi connectivity index (χ4v) is 3.35. The molecule has 1 heterocycles. The van der Waals surface area contributed by atoms with Crippen molar-refractivity contribution in [2.45, 2.75) is 24.9 Å². The van der Waals surface area contributed by atoms with E-state index >= 15 is 0 Å². The second kappa shape index (κ2) is 8.50. The molecule has 0 saturated carbocycles. The SMILES string of the molecule is N#Cc1ccc(C([C@@H]2C=NC=NCC2)[C@@H](O)Cc2ccc(F)cc2)cc1. The number of halogens is 1. The number of nitrogens with zero attached hydrogens (tertiary/aromatic N) is 3. The number of aliphatic hydroxyl groups is 1. The van der Waals surface area contributed by atoms with E-state index in [0.717, 1.165) is 17.5 Å². The lowest BCUT2D eigenvalue weighted by Gasteiger charge is -2.29. The quantitative estimate of drug-likeness (QED) is 0.897. The Balaban J connectivity index is 1.88. The molecular weight excluding hydrogens is 329 g/mol. The fraction of sp³-hybridized carbons (Fsp3) is 0.286. The van der Waals surface area contributed by atoms with Crippen LogP contribution in [0, 0.1) is 23.1 Å². The van der Waals surface area contributed by atoms with Crippen molar-refractivity contribution in [1.29, 1.82) is 5.26 Å². The molecule has 2 aromatic carbocycles. The molecule has 1 aliphatic heterocycles. The topological polar surface area (TPSA) is 68.7 Å². The van der Waals surface area contributed by atoms with E-state index in [1.54, 1.807) is 30.6 Å². The van der Waals surface area contributed by atoms with E-state index in [2.05, 4.69) is 16.1 Å². The number of hydrogen-bond acceptors (Lipinski definition) is 4. The van der Waals surface area contributed by atoms with Crippen LogP contribution in [0.2, 0.25) is 0 Å². The minimum absolute atomic E-state index is 0.0286. The van der Waals surface area contributed by atoms with Gasteiger partial charge in [-0.15, -0.1) is 0 Å². The first-order valence-corrected chi connectivity index (χ1v) is 8.61. The van der Waals surface area contributed by atoms with Crippen molar-refractivity contribution in [1.82, 2.24) is 0 Å². The van der Waals surface area contributed by atoms with Crippen LogP contribution in [-0.4, -0.2) is 30.3 Å². The Bertz CT molecular complexity index is 822. The van der Waals surface area contributed by atoms with Crippen LogP contribution in [0.15, 0.2) is 58.5 Å². The highest BCUT2D eigenvalue weighted by atomic mass is 19.1. The third kappa shape index (κ3) is 4.41. The van der Waals surface area contributed by atoms with Crippen LogP contribution < -0.4 is 0 Å². The zero-order valence-corrected chi connectivity index (χ0v) is 14.3. The van der Waals surface area contributed by atoms with Crippen molar-refractivity contribution in [3.8, 4) is 6.07 Å². The molecule has 1 unspecified atom stereocenters. The molecule has 5 heteroatoms. The monoisotopic (exact) mass is 349 g/mol. The molecule has 0 aliphatic carbocycles. The van der Waals surface area contributed by atoms with Crippen LogP contribution in [0.5, 0.6) is 0 Å². The summed E-state index contributed by atoms with van der Waals surface area (Å²) in [6.07, 6.45) is 3.92. The number of hydrogen-bond donors (Lipinski definition) is 1. The normalized spacial score (nSPS) is 18.7. The summed E-state index contributed by atoms with van der Waals surface area (Å²) in [5.41, 5.74) is 2.41. The van der Waals surface area contributed by atoms with Crippen molar-refractivity contribution < 1.29 is 9.50 Å². The second-order valence-corrected chi connectivity index (χ2v) is 6.43. The van der Waals surface area contributed by atoms with E-state index in [4.69, 9.17) is 5.26 Å². The van der Waals surface area contributed by atoms with E-state index < -0.39 is 6.10 Å². The smallest absolute Gasteiger partial charge is 0.123 e. The molecule has 0 aromatic heterocycles. The lowest BCUT2D eigenvalue weighted by atomic mass is 9.78. The summed E-state index contributed by atoms with van der Waals surface area (Å²) < 4.78 is 13.1. The molecule has 2 aromatic rings.